The Kier molecular flexibility index (Phi) is 4.54. The minimum absolute atomic E-state index is 0.505. The van der Waals surface area contributed by atoms with Crippen LogP contribution in [0.15, 0.2) is 59.0 Å². The van der Waals surface area contributed by atoms with Crippen molar-refractivity contribution in [1.82, 2.24) is 4.98 Å². The number of hydrogen-bond acceptors (Lipinski definition) is 5. The minimum atomic E-state index is 0.505. The fourth-order valence-electron chi connectivity index (χ4n) is 2.85. The van der Waals surface area contributed by atoms with Gasteiger partial charge in [-0.3, -0.25) is 4.79 Å². The van der Waals surface area contributed by atoms with E-state index in [-0.39, 0.29) is 0 Å². The first kappa shape index (κ1) is 16.5. The lowest BCUT2D eigenvalue weighted by Gasteiger charge is -2.01. The van der Waals surface area contributed by atoms with Crippen LogP contribution in [0, 0.1) is 6.92 Å². The minimum Gasteiger partial charge on any atom is -0.484 e. The molecule has 0 saturated heterocycles. The molecule has 0 radical (unpaired) electrons. The van der Waals surface area contributed by atoms with Crippen LogP contribution < -0.4 is 4.74 Å². The molecule has 5 heteroatoms. The van der Waals surface area contributed by atoms with Gasteiger partial charge in [-0.2, -0.15) is 0 Å². The average molecular weight is 363 g/mol. The predicted octanol–water partition coefficient (Wildman–Crippen LogP) is 5.30. The molecular weight excluding hydrogens is 346 g/mol. The fourth-order valence-corrected chi connectivity index (χ4v) is 3.82. The maximum Gasteiger partial charge on any atom is 0.226 e. The Balaban J connectivity index is 1.45. The van der Waals surface area contributed by atoms with Crippen molar-refractivity contribution in [1.29, 1.82) is 0 Å². The number of benzene rings is 2. The average Bonchev–Trinajstić information content (AvgIpc) is 3.25. The highest BCUT2D eigenvalue weighted by atomic mass is 32.1. The number of carbonyl (C=O) groups excluding carboxylic acids is 1. The molecule has 0 fully saturated rings. The summed E-state index contributed by atoms with van der Waals surface area (Å²) in [7, 11) is 0. The number of carbonyl (C=O) groups is 1. The van der Waals surface area contributed by atoms with Crippen molar-refractivity contribution in [3.8, 4) is 16.5 Å². The summed E-state index contributed by atoms with van der Waals surface area (Å²) in [5.74, 6) is 1.45. The number of oxazole rings is 1. The number of thiophene rings is 1. The van der Waals surface area contributed by atoms with E-state index in [0.29, 0.717) is 24.5 Å². The Labute approximate surface area is 155 Å². The van der Waals surface area contributed by atoms with E-state index in [2.05, 4.69) is 4.98 Å². The highest BCUT2D eigenvalue weighted by Crippen LogP contribution is 2.33. The van der Waals surface area contributed by atoms with Gasteiger partial charge in [-0.15, -0.1) is 0 Å². The van der Waals surface area contributed by atoms with Gasteiger partial charge in [-0.25, -0.2) is 4.98 Å². The summed E-state index contributed by atoms with van der Waals surface area (Å²) in [5.41, 5.74) is 2.56. The number of hydrogen-bond donors (Lipinski definition) is 0. The van der Waals surface area contributed by atoms with Crippen LogP contribution in [-0.4, -0.2) is 17.9 Å². The molecule has 0 aliphatic rings. The zero-order valence-electron chi connectivity index (χ0n) is 14.3. The van der Waals surface area contributed by atoms with Gasteiger partial charge in [-0.1, -0.05) is 41.7 Å². The molecule has 2 aromatic carbocycles. The van der Waals surface area contributed by atoms with Crippen LogP contribution in [0.25, 0.3) is 21.5 Å². The van der Waals surface area contributed by atoms with Crippen LogP contribution in [0.3, 0.4) is 0 Å². The lowest BCUT2D eigenvalue weighted by atomic mass is 10.1. The van der Waals surface area contributed by atoms with Gasteiger partial charge in [0, 0.05) is 33.7 Å². The first-order valence-electron chi connectivity index (χ1n) is 8.37. The lowest BCUT2D eigenvalue weighted by molar-refractivity contribution is 0.112. The molecule has 0 atom stereocenters. The summed E-state index contributed by atoms with van der Waals surface area (Å²) in [5, 5.41) is 1.74. The van der Waals surface area contributed by atoms with Crippen LogP contribution in [0.5, 0.6) is 5.06 Å². The van der Waals surface area contributed by atoms with E-state index in [4.69, 9.17) is 9.15 Å². The normalized spacial score (nSPS) is 11.0. The van der Waals surface area contributed by atoms with Crippen molar-refractivity contribution in [2.24, 2.45) is 0 Å². The monoisotopic (exact) mass is 363 g/mol. The summed E-state index contributed by atoms with van der Waals surface area (Å²) in [6, 6.07) is 17.5. The van der Waals surface area contributed by atoms with E-state index >= 15 is 0 Å². The van der Waals surface area contributed by atoms with Gasteiger partial charge in [0.1, 0.15) is 5.76 Å². The van der Waals surface area contributed by atoms with Crippen LogP contribution in [0.2, 0.25) is 0 Å². The van der Waals surface area contributed by atoms with E-state index in [0.717, 1.165) is 38.5 Å². The van der Waals surface area contributed by atoms with E-state index in [1.54, 1.807) is 11.3 Å². The van der Waals surface area contributed by atoms with Gasteiger partial charge < -0.3 is 9.15 Å². The van der Waals surface area contributed by atoms with Crippen molar-refractivity contribution < 1.29 is 13.9 Å². The van der Waals surface area contributed by atoms with Crippen LogP contribution >= 0.6 is 11.3 Å². The zero-order valence-corrected chi connectivity index (χ0v) is 15.1. The number of aromatic nitrogens is 1. The Bertz CT molecular complexity index is 1050. The molecule has 0 N–H and O–H groups in total. The van der Waals surface area contributed by atoms with Crippen LogP contribution in [-0.2, 0) is 6.42 Å². The number of ether oxygens (including phenoxy) is 1. The molecule has 4 nitrogen and oxygen atoms in total. The number of aldehydes is 1. The molecule has 0 spiro atoms. The van der Waals surface area contributed by atoms with E-state index in [9.17, 15) is 4.79 Å². The van der Waals surface area contributed by atoms with Gasteiger partial charge in [0.2, 0.25) is 5.89 Å². The molecule has 0 aliphatic heterocycles. The second-order valence-corrected chi connectivity index (χ2v) is 6.98. The maximum atomic E-state index is 11.1. The number of rotatable bonds is 6. The SMILES string of the molecule is Cc1oc(-c2ccccc2)nc1CCOc1cc2c(C=O)cccc2s1. The van der Waals surface area contributed by atoms with Gasteiger partial charge >= 0.3 is 0 Å². The Morgan fingerprint density at radius 2 is 2.00 bits per heavy atom. The van der Waals surface area contributed by atoms with Crippen molar-refractivity contribution in [2.45, 2.75) is 13.3 Å². The summed E-state index contributed by atoms with van der Waals surface area (Å²) in [4.78, 5) is 15.7. The van der Waals surface area contributed by atoms with Gasteiger partial charge in [0.05, 0.1) is 12.3 Å². The van der Waals surface area contributed by atoms with Crippen molar-refractivity contribution >= 4 is 27.7 Å². The molecule has 2 heterocycles. The molecule has 26 heavy (non-hydrogen) atoms. The maximum absolute atomic E-state index is 11.1. The summed E-state index contributed by atoms with van der Waals surface area (Å²) >= 11 is 1.54. The van der Waals surface area contributed by atoms with E-state index in [1.807, 2.05) is 61.5 Å². The van der Waals surface area contributed by atoms with Crippen LogP contribution in [0.4, 0.5) is 0 Å². The predicted molar refractivity (Wildman–Crippen MR) is 103 cm³/mol. The van der Waals surface area contributed by atoms with E-state index in [1.165, 1.54) is 0 Å². The third kappa shape index (κ3) is 3.26. The highest BCUT2D eigenvalue weighted by molar-refractivity contribution is 7.20. The number of nitrogens with zero attached hydrogens (tertiary/aromatic N) is 1. The molecule has 0 unspecified atom stereocenters. The molecule has 0 amide bonds. The molecule has 4 aromatic rings. The summed E-state index contributed by atoms with van der Waals surface area (Å²) < 4.78 is 12.7. The Hall–Kier alpha value is -2.92. The topological polar surface area (TPSA) is 52.3 Å². The lowest BCUT2D eigenvalue weighted by Crippen LogP contribution is -2.01. The van der Waals surface area contributed by atoms with Crippen molar-refractivity contribution in [3.63, 3.8) is 0 Å². The Morgan fingerprint density at radius 3 is 2.81 bits per heavy atom. The Morgan fingerprint density at radius 1 is 1.15 bits per heavy atom. The molecule has 2 aromatic heterocycles. The fraction of sp³-hybridized carbons (Fsp3) is 0.143. The van der Waals surface area contributed by atoms with Gasteiger partial charge in [0.15, 0.2) is 11.3 Å². The van der Waals surface area contributed by atoms with Crippen molar-refractivity contribution in [3.05, 3.63) is 71.6 Å². The second-order valence-electron chi connectivity index (χ2n) is 5.93. The summed E-state index contributed by atoms with van der Waals surface area (Å²) in [6.07, 6.45) is 1.54. The number of fused-ring (bicyclic) bond motifs is 1. The number of aryl methyl sites for hydroxylation is 1. The van der Waals surface area contributed by atoms with Crippen molar-refractivity contribution in [2.75, 3.05) is 6.61 Å². The first-order chi connectivity index (χ1) is 12.7. The smallest absolute Gasteiger partial charge is 0.226 e. The van der Waals surface area contributed by atoms with Gasteiger partial charge in [-0.05, 0) is 25.1 Å². The largest absolute Gasteiger partial charge is 0.484 e. The molecular formula is C21H17NO3S. The third-order valence-corrected chi connectivity index (χ3v) is 5.21. The zero-order chi connectivity index (χ0) is 17.9. The highest BCUT2D eigenvalue weighted by Gasteiger charge is 2.12. The van der Waals surface area contributed by atoms with Gasteiger partial charge in [0.25, 0.3) is 0 Å². The standard InChI is InChI=1S/C21H17NO3S/c1-14-18(22-21(25-14)15-6-3-2-4-7-15)10-11-24-20-12-17-16(13-23)8-5-9-19(17)26-20/h2-9,12-13H,10-11H2,1H3. The third-order valence-electron chi connectivity index (χ3n) is 4.20. The second kappa shape index (κ2) is 7.14. The van der Waals surface area contributed by atoms with Crippen LogP contribution in [0.1, 0.15) is 21.8 Å². The first-order valence-corrected chi connectivity index (χ1v) is 9.18. The molecule has 130 valence electrons. The molecule has 4 rings (SSSR count). The molecule has 0 bridgehead atoms. The van der Waals surface area contributed by atoms with E-state index < -0.39 is 0 Å². The molecule has 0 aliphatic carbocycles. The summed E-state index contributed by atoms with van der Waals surface area (Å²) in [6.45, 7) is 2.43. The quantitative estimate of drug-likeness (QED) is 0.436. The molecule has 0 saturated carbocycles.